The molecule has 0 bridgehead atoms. The molecule has 2 aromatic heterocycles. The topological polar surface area (TPSA) is 87.3 Å². The first-order valence-corrected chi connectivity index (χ1v) is 8.31. The van der Waals surface area contributed by atoms with Crippen molar-refractivity contribution in [2.75, 3.05) is 32.8 Å². The number of rotatable bonds is 5. The van der Waals surface area contributed by atoms with Gasteiger partial charge in [0.05, 0.1) is 19.3 Å². The van der Waals surface area contributed by atoms with E-state index in [2.05, 4.69) is 26.5 Å². The van der Waals surface area contributed by atoms with Gasteiger partial charge < -0.3 is 10.1 Å². The fraction of sp³-hybridized carbons (Fsp3) is 0.400. The molecule has 1 saturated heterocycles. The maximum Gasteiger partial charge on any atom is 0.271 e. The fourth-order valence-electron chi connectivity index (χ4n) is 2.53. The molecule has 8 heteroatoms. The lowest BCUT2D eigenvalue weighted by molar-refractivity contribution is 0.0169. The molecule has 3 rings (SSSR count). The van der Waals surface area contributed by atoms with E-state index < -0.39 is 0 Å². The Morgan fingerprint density at radius 3 is 2.87 bits per heavy atom. The Hall–Kier alpha value is -2.03. The molecule has 1 fully saturated rings. The molecule has 3 heterocycles. The van der Waals surface area contributed by atoms with Crippen LogP contribution in [-0.4, -0.2) is 53.9 Å². The first kappa shape index (κ1) is 15.9. The van der Waals surface area contributed by atoms with E-state index in [9.17, 15) is 9.59 Å². The highest BCUT2D eigenvalue weighted by molar-refractivity contribution is 7.10. The highest BCUT2D eigenvalue weighted by Crippen LogP contribution is 2.25. The number of nitrogens with zero attached hydrogens (tertiary/aromatic N) is 2. The van der Waals surface area contributed by atoms with Crippen LogP contribution in [0.1, 0.15) is 21.4 Å². The van der Waals surface area contributed by atoms with E-state index in [1.807, 2.05) is 11.4 Å². The number of morpholine rings is 1. The van der Waals surface area contributed by atoms with Gasteiger partial charge in [0.15, 0.2) is 0 Å². The normalized spacial score (nSPS) is 16.9. The molecule has 122 valence electrons. The van der Waals surface area contributed by atoms with Crippen LogP contribution in [0, 0.1) is 0 Å². The molecule has 0 spiro atoms. The van der Waals surface area contributed by atoms with Gasteiger partial charge >= 0.3 is 0 Å². The monoisotopic (exact) mass is 334 g/mol. The quantitative estimate of drug-likeness (QED) is 0.838. The van der Waals surface area contributed by atoms with Gasteiger partial charge in [0.1, 0.15) is 5.69 Å². The number of nitrogens with one attached hydrogen (secondary N) is 2. The van der Waals surface area contributed by atoms with E-state index in [4.69, 9.17) is 4.74 Å². The Labute approximate surface area is 137 Å². The summed E-state index contributed by atoms with van der Waals surface area (Å²) in [6.07, 6.45) is 0. The molecule has 0 unspecified atom stereocenters. The summed E-state index contributed by atoms with van der Waals surface area (Å²) >= 11 is 1.68. The molecule has 1 amide bonds. The Morgan fingerprint density at radius 2 is 2.22 bits per heavy atom. The van der Waals surface area contributed by atoms with E-state index >= 15 is 0 Å². The second-order valence-electron chi connectivity index (χ2n) is 5.20. The number of H-pyrrole nitrogens is 1. The second-order valence-corrected chi connectivity index (χ2v) is 6.18. The SMILES string of the molecule is O=C(NC[C@H](c1cccs1)N1CCOCC1)c1ccc(=O)[nH]n1. The van der Waals surface area contributed by atoms with E-state index in [-0.39, 0.29) is 23.2 Å². The van der Waals surface area contributed by atoms with Gasteiger partial charge in [-0.05, 0) is 17.5 Å². The summed E-state index contributed by atoms with van der Waals surface area (Å²) in [7, 11) is 0. The van der Waals surface area contributed by atoms with Crippen molar-refractivity contribution in [1.29, 1.82) is 0 Å². The molecular formula is C15H18N4O3S. The molecule has 1 aliphatic rings. The molecule has 2 aromatic rings. The summed E-state index contributed by atoms with van der Waals surface area (Å²) in [5.74, 6) is -0.295. The number of carbonyl (C=O) groups excluding carboxylic acids is 1. The van der Waals surface area contributed by atoms with Crippen LogP contribution in [-0.2, 0) is 4.74 Å². The largest absolute Gasteiger partial charge is 0.379 e. The summed E-state index contributed by atoms with van der Waals surface area (Å²) in [6.45, 7) is 3.58. The fourth-order valence-corrected chi connectivity index (χ4v) is 3.39. The first-order chi connectivity index (χ1) is 11.2. The van der Waals surface area contributed by atoms with Crippen molar-refractivity contribution in [2.45, 2.75) is 6.04 Å². The molecule has 1 aliphatic heterocycles. The van der Waals surface area contributed by atoms with Crippen molar-refractivity contribution in [3.8, 4) is 0 Å². The number of aromatic amines is 1. The van der Waals surface area contributed by atoms with E-state index in [1.54, 1.807) is 11.3 Å². The predicted molar refractivity (Wildman–Crippen MR) is 86.6 cm³/mol. The van der Waals surface area contributed by atoms with Gasteiger partial charge in [0.2, 0.25) is 0 Å². The van der Waals surface area contributed by atoms with Gasteiger partial charge in [0.25, 0.3) is 11.5 Å². The number of aromatic nitrogens is 2. The van der Waals surface area contributed by atoms with Crippen molar-refractivity contribution >= 4 is 17.2 Å². The standard InChI is InChI=1S/C15H18N4O3S/c20-14-4-3-11(17-18-14)15(21)16-10-12(13-2-1-9-23-13)19-5-7-22-8-6-19/h1-4,9,12H,5-8,10H2,(H,16,21)(H,18,20)/t12-/m1/s1. The minimum Gasteiger partial charge on any atom is -0.379 e. The zero-order chi connectivity index (χ0) is 16.1. The van der Waals surface area contributed by atoms with Crippen LogP contribution in [0.25, 0.3) is 0 Å². The van der Waals surface area contributed by atoms with Crippen LogP contribution in [0.5, 0.6) is 0 Å². The predicted octanol–water partition coefficient (Wildman–Crippen LogP) is 0.635. The molecular weight excluding hydrogens is 316 g/mol. The van der Waals surface area contributed by atoms with E-state index in [1.165, 1.54) is 17.0 Å². The van der Waals surface area contributed by atoms with Gasteiger partial charge in [0, 0.05) is 30.6 Å². The highest BCUT2D eigenvalue weighted by Gasteiger charge is 2.24. The lowest BCUT2D eigenvalue weighted by Gasteiger charge is -2.34. The number of amides is 1. The summed E-state index contributed by atoms with van der Waals surface area (Å²) in [5, 5.41) is 11.0. The first-order valence-electron chi connectivity index (χ1n) is 7.43. The van der Waals surface area contributed by atoms with Crippen molar-refractivity contribution in [1.82, 2.24) is 20.4 Å². The number of hydrogen-bond donors (Lipinski definition) is 2. The van der Waals surface area contributed by atoms with Crippen LogP contribution >= 0.6 is 11.3 Å². The smallest absolute Gasteiger partial charge is 0.271 e. The van der Waals surface area contributed by atoms with Crippen LogP contribution in [0.15, 0.2) is 34.4 Å². The third-order valence-electron chi connectivity index (χ3n) is 3.73. The minimum absolute atomic E-state index is 0.116. The van der Waals surface area contributed by atoms with Crippen LogP contribution in [0.2, 0.25) is 0 Å². The van der Waals surface area contributed by atoms with Crippen LogP contribution in [0.4, 0.5) is 0 Å². The van der Waals surface area contributed by atoms with Crippen LogP contribution in [0.3, 0.4) is 0 Å². The number of carbonyl (C=O) groups is 1. The number of ether oxygens (including phenoxy) is 1. The van der Waals surface area contributed by atoms with E-state index in [0.29, 0.717) is 19.8 Å². The maximum absolute atomic E-state index is 12.2. The summed E-state index contributed by atoms with van der Waals surface area (Å²) in [4.78, 5) is 26.7. The lowest BCUT2D eigenvalue weighted by atomic mass is 10.2. The minimum atomic E-state index is -0.327. The second kappa shape index (κ2) is 7.49. The van der Waals surface area contributed by atoms with Crippen molar-refractivity contribution < 1.29 is 9.53 Å². The van der Waals surface area contributed by atoms with Gasteiger partial charge in [-0.3, -0.25) is 14.5 Å². The third kappa shape index (κ3) is 4.04. The Balaban J connectivity index is 1.67. The van der Waals surface area contributed by atoms with Gasteiger partial charge in [-0.1, -0.05) is 6.07 Å². The summed E-state index contributed by atoms with van der Waals surface area (Å²) < 4.78 is 5.40. The Morgan fingerprint density at radius 1 is 1.39 bits per heavy atom. The molecule has 2 N–H and O–H groups in total. The third-order valence-corrected chi connectivity index (χ3v) is 4.70. The average Bonchev–Trinajstić information content (AvgIpc) is 3.11. The molecule has 0 saturated carbocycles. The summed E-state index contributed by atoms with van der Waals surface area (Å²) in [5.41, 5.74) is -0.122. The van der Waals surface area contributed by atoms with Gasteiger partial charge in [-0.25, -0.2) is 5.10 Å². The molecule has 7 nitrogen and oxygen atoms in total. The molecule has 0 radical (unpaired) electrons. The summed E-state index contributed by atoms with van der Waals surface area (Å²) in [6, 6.07) is 6.92. The van der Waals surface area contributed by atoms with Crippen molar-refractivity contribution in [3.05, 3.63) is 50.6 Å². The zero-order valence-corrected chi connectivity index (χ0v) is 13.3. The molecule has 23 heavy (non-hydrogen) atoms. The van der Waals surface area contributed by atoms with Crippen molar-refractivity contribution in [2.24, 2.45) is 0 Å². The average molecular weight is 334 g/mol. The molecule has 1 atom stereocenters. The molecule has 0 aromatic carbocycles. The molecule has 0 aliphatic carbocycles. The Bertz CT molecular complexity index is 675. The number of thiophene rings is 1. The lowest BCUT2D eigenvalue weighted by Crippen LogP contribution is -2.43. The maximum atomic E-state index is 12.2. The van der Waals surface area contributed by atoms with E-state index in [0.717, 1.165) is 13.1 Å². The zero-order valence-electron chi connectivity index (χ0n) is 12.5. The van der Waals surface area contributed by atoms with Gasteiger partial charge in [-0.2, -0.15) is 5.10 Å². The highest BCUT2D eigenvalue weighted by atomic mass is 32.1. The van der Waals surface area contributed by atoms with Crippen molar-refractivity contribution in [3.63, 3.8) is 0 Å². The Kier molecular flexibility index (Phi) is 5.16. The van der Waals surface area contributed by atoms with Gasteiger partial charge in [-0.15, -0.1) is 11.3 Å². The number of hydrogen-bond acceptors (Lipinski definition) is 6. The van der Waals surface area contributed by atoms with Crippen LogP contribution < -0.4 is 10.9 Å².